The van der Waals surface area contributed by atoms with Crippen molar-refractivity contribution >= 4 is 29.3 Å². The van der Waals surface area contributed by atoms with Gasteiger partial charge in [-0.2, -0.15) is 0 Å². The van der Waals surface area contributed by atoms with Crippen molar-refractivity contribution in [3.05, 3.63) is 16.1 Å². The minimum Gasteiger partial charge on any atom is -0.467 e. The van der Waals surface area contributed by atoms with Crippen LogP contribution in [0.3, 0.4) is 0 Å². The molecule has 0 aliphatic carbocycles. The van der Waals surface area contributed by atoms with E-state index in [1.807, 2.05) is 12.3 Å². The average molecular weight is 400 g/mol. The molecule has 1 atom stereocenters. The van der Waals surface area contributed by atoms with E-state index >= 15 is 0 Å². The molecule has 0 saturated heterocycles. The zero-order valence-corrected chi connectivity index (χ0v) is 17.4. The summed E-state index contributed by atoms with van der Waals surface area (Å²) in [5.74, 6) is -0.763. The minimum atomic E-state index is -0.719. The molecular formula is C18H29N3O5S. The van der Waals surface area contributed by atoms with Crippen molar-refractivity contribution in [2.24, 2.45) is 0 Å². The van der Waals surface area contributed by atoms with Crippen LogP contribution in [0.5, 0.6) is 0 Å². The van der Waals surface area contributed by atoms with E-state index in [-0.39, 0.29) is 12.3 Å². The molecule has 0 bridgehead atoms. The smallest absolute Gasteiger partial charge is 0.407 e. The van der Waals surface area contributed by atoms with Crippen LogP contribution in [0.25, 0.3) is 0 Å². The molecular weight excluding hydrogens is 370 g/mol. The van der Waals surface area contributed by atoms with Gasteiger partial charge >= 0.3 is 12.1 Å². The van der Waals surface area contributed by atoms with Crippen LogP contribution in [0.4, 0.5) is 4.79 Å². The maximum absolute atomic E-state index is 12.1. The third-order valence-electron chi connectivity index (χ3n) is 3.42. The van der Waals surface area contributed by atoms with Gasteiger partial charge in [0.1, 0.15) is 11.6 Å². The number of esters is 1. The Morgan fingerprint density at radius 3 is 2.52 bits per heavy atom. The summed E-state index contributed by atoms with van der Waals surface area (Å²) in [4.78, 5) is 39.8. The van der Waals surface area contributed by atoms with E-state index < -0.39 is 23.7 Å². The second kappa shape index (κ2) is 10.9. The zero-order valence-electron chi connectivity index (χ0n) is 16.6. The van der Waals surface area contributed by atoms with Crippen LogP contribution in [0.15, 0.2) is 5.38 Å². The van der Waals surface area contributed by atoms with Crippen molar-refractivity contribution in [3.8, 4) is 0 Å². The van der Waals surface area contributed by atoms with E-state index in [0.717, 1.165) is 5.01 Å². The second-order valence-electron chi connectivity index (χ2n) is 7.10. The van der Waals surface area contributed by atoms with E-state index in [1.54, 1.807) is 20.8 Å². The fourth-order valence-electron chi connectivity index (χ4n) is 2.27. The number of carbonyl (C=O) groups excluding carboxylic acids is 3. The van der Waals surface area contributed by atoms with Crippen molar-refractivity contribution < 1.29 is 23.9 Å². The molecule has 1 rings (SSSR count). The Morgan fingerprint density at radius 1 is 1.26 bits per heavy atom. The van der Waals surface area contributed by atoms with Crippen LogP contribution in [0.1, 0.15) is 50.7 Å². The lowest BCUT2D eigenvalue weighted by molar-refractivity contribution is -0.145. The molecule has 1 heterocycles. The Balaban J connectivity index is 2.36. The number of ether oxygens (including phenoxy) is 2. The largest absolute Gasteiger partial charge is 0.467 e. The van der Waals surface area contributed by atoms with Crippen molar-refractivity contribution in [1.29, 1.82) is 0 Å². The quantitative estimate of drug-likeness (QED) is 0.488. The zero-order chi connectivity index (χ0) is 20.4. The number of methoxy groups -OCH3 is 1. The molecule has 1 aromatic heterocycles. The molecule has 0 saturated carbocycles. The number of hydrogen-bond acceptors (Lipinski definition) is 7. The summed E-state index contributed by atoms with van der Waals surface area (Å²) in [6.07, 6.45) is 1.35. The minimum absolute atomic E-state index is 0.123. The summed E-state index contributed by atoms with van der Waals surface area (Å²) in [7, 11) is 1.29. The highest BCUT2D eigenvalue weighted by Crippen LogP contribution is 2.10. The lowest BCUT2D eigenvalue weighted by Gasteiger charge is -2.20. The van der Waals surface area contributed by atoms with Crippen LogP contribution >= 0.6 is 11.3 Å². The van der Waals surface area contributed by atoms with Gasteiger partial charge in [-0.05, 0) is 47.0 Å². The number of alkyl carbamates (subject to hydrolysis) is 1. The van der Waals surface area contributed by atoms with Crippen molar-refractivity contribution in [2.45, 2.75) is 65.0 Å². The first-order valence-electron chi connectivity index (χ1n) is 8.85. The van der Waals surface area contributed by atoms with Crippen molar-refractivity contribution in [2.75, 3.05) is 13.7 Å². The molecule has 0 radical (unpaired) electrons. The molecule has 0 aromatic carbocycles. The fourth-order valence-corrected chi connectivity index (χ4v) is 2.88. The summed E-state index contributed by atoms with van der Waals surface area (Å²) in [5, 5.41) is 8.07. The summed E-state index contributed by atoms with van der Waals surface area (Å²) < 4.78 is 9.91. The third kappa shape index (κ3) is 9.93. The monoisotopic (exact) mass is 399 g/mol. The number of nitrogens with one attached hydrogen (secondary N) is 2. The number of rotatable bonds is 9. The molecule has 0 fully saturated rings. The molecule has 2 N–H and O–H groups in total. The molecule has 0 aliphatic heterocycles. The van der Waals surface area contributed by atoms with Crippen LogP contribution in [0, 0.1) is 6.92 Å². The number of hydrogen-bond donors (Lipinski definition) is 2. The van der Waals surface area contributed by atoms with E-state index in [9.17, 15) is 14.4 Å². The van der Waals surface area contributed by atoms with Gasteiger partial charge in [0.25, 0.3) is 0 Å². The number of thiazole rings is 1. The number of carbonyl (C=O) groups is 3. The summed E-state index contributed by atoms with van der Waals surface area (Å²) in [5.41, 5.74) is 0.139. The molecule has 27 heavy (non-hydrogen) atoms. The number of aromatic nitrogens is 1. The summed E-state index contributed by atoms with van der Waals surface area (Å²) >= 11 is 1.47. The van der Waals surface area contributed by atoms with Crippen LogP contribution in [-0.2, 0) is 25.5 Å². The van der Waals surface area contributed by atoms with Gasteiger partial charge in [-0.1, -0.05) is 0 Å². The number of nitrogens with zero attached hydrogens (tertiary/aromatic N) is 1. The Labute approximate surface area is 164 Å². The lowest BCUT2D eigenvalue weighted by atomic mass is 10.1. The van der Waals surface area contributed by atoms with Gasteiger partial charge in [0.05, 0.1) is 24.2 Å². The number of aryl methyl sites for hydroxylation is 1. The van der Waals surface area contributed by atoms with Gasteiger partial charge in [0.2, 0.25) is 5.91 Å². The first kappa shape index (κ1) is 22.9. The van der Waals surface area contributed by atoms with E-state index in [2.05, 4.69) is 15.6 Å². The SMILES string of the molecule is COC(=O)C(CCCCNC(=O)OC(C)(C)C)NC(=O)Cc1csc(C)n1. The normalized spacial score (nSPS) is 12.2. The molecule has 1 aromatic rings. The maximum Gasteiger partial charge on any atom is 0.407 e. The number of unbranched alkanes of at least 4 members (excludes halogenated alkanes) is 1. The van der Waals surface area contributed by atoms with Gasteiger partial charge in [0.15, 0.2) is 0 Å². The van der Waals surface area contributed by atoms with Gasteiger partial charge in [-0.15, -0.1) is 11.3 Å². The molecule has 2 amide bonds. The predicted octanol–water partition coefficient (Wildman–Crippen LogP) is 2.35. The Morgan fingerprint density at radius 2 is 1.96 bits per heavy atom. The summed E-state index contributed by atoms with van der Waals surface area (Å²) in [6.45, 7) is 7.68. The molecule has 1 unspecified atom stereocenters. The van der Waals surface area contributed by atoms with Crippen LogP contribution in [0.2, 0.25) is 0 Å². The Bertz CT molecular complexity index is 639. The van der Waals surface area contributed by atoms with Crippen molar-refractivity contribution in [3.63, 3.8) is 0 Å². The molecule has 152 valence electrons. The molecule has 0 spiro atoms. The van der Waals surface area contributed by atoms with Gasteiger partial charge in [0, 0.05) is 11.9 Å². The third-order valence-corrected chi connectivity index (χ3v) is 4.24. The summed E-state index contributed by atoms with van der Waals surface area (Å²) in [6, 6.07) is -0.719. The Kier molecular flexibility index (Phi) is 9.20. The van der Waals surface area contributed by atoms with Crippen molar-refractivity contribution in [1.82, 2.24) is 15.6 Å². The van der Waals surface area contributed by atoms with E-state index in [4.69, 9.17) is 9.47 Å². The van der Waals surface area contributed by atoms with Gasteiger partial charge in [-0.3, -0.25) is 4.79 Å². The molecule has 8 nitrogen and oxygen atoms in total. The first-order chi connectivity index (χ1) is 12.6. The van der Waals surface area contributed by atoms with Gasteiger partial charge < -0.3 is 20.1 Å². The second-order valence-corrected chi connectivity index (χ2v) is 8.16. The lowest BCUT2D eigenvalue weighted by Crippen LogP contribution is -2.42. The molecule has 0 aliphatic rings. The highest BCUT2D eigenvalue weighted by Gasteiger charge is 2.21. The van der Waals surface area contributed by atoms with Crippen LogP contribution in [-0.4, -0.2) is 48.3 Å². The van der Waals surface area contributed by atoms with E-state index in [1.165, 1.54) is 18.4 Å². The highest BCUT2D eigenvalue weighted by atomic mass is 32.1. The fraction of sp³-hybridized carbons (Fsp3) is 0.667. The maximum atomic E-state index is 12.1. The molecule has 9 heteroatoms. The standard InChI is InChI=1S/C18H29N3O5S/c1-12-20-13(11-27-12)10-15(22)21-14(16(23)25-5)8-6-7-9-19-17(24)26-18(2,3)4/h11,14H,6-10H2,1-5H3,(H,19,24)(H,21,22). The average Bonchev–Trinajstić information content (AvgIpc) is 2.95. The predicted molar refractivity (Wildman–Crippen MR) is 103 cm³/mol. The first-order valence-corrected chi connectivity index (χ1v) is 9.73. The topological polar surface area (TPSA) is 107 Å². The van der Waals surface area contributed by atoms with E-state index in [0.29, 0.717) is 31.5 Å². The van der Waals surface area contributed by atoms with Gasteiger partial charge in [-0.25, -0.2) is 14.6 Å². The Hall–Kier alpha value is -2.16. The number of amides is 2. The van der Waals surface area contributed by atoms with Crippen LogP contribution < -0.4 is 10.6 Å². The highest BCUT2D eigenvalue weighted by molar-refractivity contribution is 7.09.